The van der Waals surface area contributed by atoms with E-state index in [9.17, 15) is 4.79 Å². The second-order valence-corrected chi connectivity index (χ2v) is 5.15. The lowest BCUT2D eigenvalue weighted by Gasteiger charge is -2.34. The van der Waals surface area contributed by atoms with E-state index in [0.717, 1.165) is 12.8 Å². The molecular weight excluding hydrogens is 188 g/mol. The number of nitrogens with two attached hydrogens (primary N) is 1. The third kappa shape index (κ3) is 2.71. The minimum Gasteiger partial charge on any atom is -0.339 e. The molecule has 0 aliphatic heterocycles. The van der Waals surface area contributed by atoms with Crippen LogP contribution in [0.15, 0.2) is 0 Å². The number of amides is 1. The Balaban J connectivity index is 2.70. The van der Waals surface area contributed by atoms with Crippen molar-refractivity contribution in [2.45, 2.75) is 52.5 Å². The van der Waals surface area contributed by atoms with Crippen molar-refractivity contribution in [2.24, 2.45) is 11.1 Å². The van der Waals surface area contributed by atoms with Crippen molar-refractivity contribution >= 4 is 5.91 Å². The molecule has 2 N–H and O–H groups in total. The van der Waals surface area contributed by atoms with Crippen LogP contribution in [-0.2, 0) is 4.79 Å². The van der Waals surface area contributed by atoms with Crippen molar-refractivity contribution in [1.29, 1.82) is 0 Å². The zero-order valence-corrected chi connectivity index (χ0v) is 10.3. The van der Waals surface area contributed by atoms with E-state index < -0.39 is 0 Å². The van der Waals surface area contributed by atoms with Crippen LogP contribution >= 0.6 is 0 Å². The van der Waals surface area contributed by atoms with E-state index in [1.807, 2.05) is 4.90 Å². The highest BCUT2D eigenvalue weighted by Crippen LogP contribution is 2.39. The van der Waals surface area contributed by atoms with Crippen LogP contribution in [0.5, 0.6) is 0 Å². The van der Waals surface area contributed by atoms with Gasteiger partial charge in [0.05, 0.1) is 0 Å². The zero-order chi connectivity index (χ0) is 11.5. The van der Waals surface area contributed by atoms with Gasteiger partial charge in [-0.1, -0.05) is 19.8 Å². The molecule has 1 fully saturated rings. The van der Waals surface area contributed by atoms with Crippen LogP contribution in [0.4, 0.5) is 0 Å². The molecule has 1 rings (SSSR count). The van der Waals surface area contributed by atoms with Gasteiger partial charge in [-0.25, -0.2) is 0 Å². The maximum atomic E-state index is 12.4. The molecule has 15 heavy (non-hydrogen) atoms. The molecule has 88 valence electrons. The molecule has 1 aliphatic rings. The molecule has 0 aromatic rings. The van der Waals surface area contributed by atoms with Gasteiger partial charge < -0.3 is 10.6 Å². The van der Waals surface area contributed by atoms with Gasteiger partial charge in [0.1, 0.15) is 0 Å². The SMILES string of the molecule is CC(C)N(CCN)C(=O)C1(C)CCCC1. The highest BCUT2D eigenvalue weighted by atomic mass is 16.2. The molecule has 0 aromatic heterocycles. The molecule has 0 unspecified atom stereocenters. The normalized spacial score (nSPS) is 19.5. The highest BCUT2D eigenvalue weighted by Gasteiger charge is 2.39. The zero-order valence-electron chi connectivity index (χ0n) is 10.3. The van der Waals surface area contributed by atoms with Gasteiger partial charge in [0, 0.05) is 24.5 Å². The van der Waals surface area contributed by atoms with Crippen molar-refractivity contribution in [3.05, 3.63) is 0 Å². The Morgan fingerprint density at radius 3 is 2.33 bits per heavy atom. The lowest BCUT2D eigenvalue weighted by atomic mass is 9.86. The van der Waals surface area contributed by atoms with E-state index in [2.05, 4.69) is 20.8 Å². The third-order valence-corrected chi connectivity index (χ3v) is 3.48. The standard InChI is InChI=1S/C12H24N2O/c1-10(2)14(9-8-13)11(15)12(3)6-4-5-7-12/h10H,4-9,13H2,1-3H3. The number of nitrogens with zero attached hydrogens (tertiary/aromatic N) is 1. The van der Waals surface area contributed by atoms with E-state index in [-0.39, 0.29) is 11.5 Å². The fourth-order valence-corrected chi connectivity index (χ4v) is 2.45. The van der Waals surface area contributed by atoms with Crippen LogP contribution in [0.1, 0.15) is 46.5 Å². The number of rotatable bonds is 4. The van der Waals surface area contributed by atoms with E-state index >= 15 is 0 Å². The van der Waals surface area contributed by atoms with Crippen molar-refractivity contribution in [1.82, 2.24) is 4.90 Å². The van der Waals surface area contributed by atoms with Gasteiger partial charge in [-0.3, -0.25) is 4.79 Å². The minimum atomic E-state index is -0.112. The molecule has 0 spiro atoms. The fourth-order valence-electron chi connectivity index (χ4n) is 2.45. The molecule has 3 heteroatoms. The van der Waals surface area contributed by atoms with Gasteiger partial charge in [-0.05, 0) is 26.7 Å². The smallest absolute Gasteiger partial charge is 0.228 e. The van der Waals surface area contributed by atoms with Crippen molar-refractivity contribution in [3.8, 4) is 0 Å². The maximum Gasteiger partial charge on any atom is 0.228 e. The summed E-state index contributed by atoms with van der Waals surface area (Å²) in [4.78, 5) is 14.3. The maximum absolute atomic E-state index is 12.4. The Morgan fingerprint density at radius 1 is 1.40 bits per heavy atom. The quantitative estimate of drug-likeness (QED) is 0.772. The second-order valence-electron chi connectivity index (χ2n) is 5.15. The molecule has 0 atom stereocenters. The predicted octanol–water partition coefficient (Wildman–Crippen LogP) is 1.76. The summed E-state index contributed by atoms with van der Waals surface area (Å²) in [5.74, 6) is 0.306. The average Bonchev–Trinajstić information content (AvgIpc) is 2.61. The van der Waals surface area contributed by atoms with Crippen molar-refractivity contribution < 1.29 is 4.79 Å². The summed E-state index contributed by atoms with van der Waals surface area (Å²) in [6.45, 7) is 7.47. The molecule has 0 saturated heterocycles. The molecule has 0 radical (unpaired) electrons. The lowest BCUT2D eigenvalue weighted by molar-refractivity contribution is -0.142. The van der Waals surface area contributed by atoms with Crippen molar-refractivity contribution in [3.63, 3.8) is 0 Å². The average molecular weight is 212 g/mol. The minimum absolute atomic E-state index is 0.112. The first-order chi connectivity index (χ1) is 7.01. The largest absolute Gasteiger partial charge is 0.339 e. The van der Waals surface area contributed by atoms with E-state index in [1.165, 1.54) is 12.8 Å². The third-order valence-electron chi connectivity index (χ3n) is 3.48. The molecule has 1 amide bonds. The summed E-state index contributed by atoms with van der Waals surface area (Å²) >= 11 is 0. The first-order valence-electron chi connectivity index (χ1n) is 6.02. The summed E-state index contributed by atoms with van der Waals surface area (Å²) < 4.78 is 0. The van der Waals surface area contributed by atoms with Gasteiger partial charge in [-0.15, -0.1) is 0 Å². The van der Waals surface area contributed by atoms with E-state index in [4.69, 9.17) is 5.73 Å². The molecule has 0 aromatic carbocycles. The van der Waals surface area contributed by atoms with Crippen LogP contribution in [-0.4, -0.2) is 29.9 Å². The Morgan fingerprint density at radius 2 is 1.93 bits per heavy atom. The highest BCUT2D eigenvalue weighted by molar-refractivity contribution is 5.82. The second kappa shape index (κ2) is 4.97. The Hall–Kier alpha value is -0.570. The summed E-state index contributed by atoms with van der Waals surface area (Å²) in [5.41, 5.74) is 5.44. The van der Waals surface area contributed by atoms with E-state index in [0.29, 0.717) is 19.0 Å². The Bertz CT molecular complexity index is 220. The summed E-state index contributed by atoms with van der Waals surface area (Å²) in [6.07, 6.45) is 4.47. The molecule has 0 heterocycles. The molecule has 3 nitrogen and oxygen atoms in total. The van der Waals surface area contributed by atoms with Crippen LogP contribution in [0.2, 0.25) is 0 Å². The predicted molar refractivity (Wildman–Crippen MR) is 62.5 cm³/mol. The molecule has 0 bridgehead atoms. The number of carbonyl (C=O) groups excluding carboxylic acids is 1. The number of carbonyl (C=O) groups is 1. The van der Waals surface area contributed by atoms with Crippen molar-refractivity contribution in [2.75, 3.05) is 13.1 Å². The van der Waals surface area contributed by atoms with Gasteiger partial charge in [0.15, 0.2) is 0 Å². The van der Waals surface area contributed by atoms with Gasteiger partial charge >= 0.3 is 0 Å². The Labute approximate surface area is 93.0 Å². The van der Waals surface area contributed by atoms with Crippen LogP contribution in [0.25, 0.3) is 0 Å². The summed E-state index contributed by atoms with van der Waals surface area (Å²) in [6, 6.07) is 0.262. The van der Waals surface area contributed by atoms with Gasteiger partial charge in [-0.2, -0.15) is 0 Å². The van der Waals surface area contributed by atoms with Crippen LogP contribution in [0, 0.1) is 5.41 Å². The molecular formula is C12H24N2O. The Kier molecular flexibility index (Phi) is 4.14. The van der Waals surface area contributed by atoms with E-state index in [1.54, 1.807) is 0 Å². The van der Waals surface area contributed by atoms with Gasteiger partial charge in [0.2, 0.25) is 5.91 Å². The molecule has 1 saturated carbocycles. The number of hydrogen-bond acceptors (Lipinski definition) is 2. The first-order valence-corrected chi connectivity index (χ1v) is 6.02. The fraction of sp³-hybridized carbons (Fsp3) is 0.917. The van der Waals surface area contributed by atoms with Crippen LogP contribution < -0.4 is 5.73 Å². The summed E-state index contributed by atoms with van der Waals surface area (Å²) in [5, 5.41) is 0. The molecule has 1 aliphatic carbocycles. The first kappa shape index (κ1) is 12.5. The topological polar surface area (TPSA) is 46.3 Å². The van der Waals surface area contributed by atoms with Gasteiger partial charge in [0.25, 0.3) is 0 Å². The summed E-state index contributed by atoms with van der Waals surface area (Å²) in [7, 11) is 0. The van der Waals surface area contributed by atoms with Crippen LogP contribution in [0.3, 0.4) is 0 Å². The monoisotopic (exact) mass is 212 g/mol. The lowest BCUT2D eigenvalue weighted by Crippen LogP contribution is -2.47. The number of hydrogen-bond donors (Lipinski definition) is 1.